The summed E-state index contributed by atoms with van der Waals surface area (Å²) in [5.74, 6) is 2.09. The van der Waals surface area contributed by atoms with Gasteiger partial charge in [-0.25, -0.2) is 0 Å². The molecule has 2 amide bonds. The smallest absolute Gasteiger partial charge is 0.242 e. The Labute approximate surface area is 197 Å². The van der Waals surface area contributed by atoms with E-state index in [-0.39, 0.29) is 18.2 Å². The van der Waals surface area contributed by atoms with Gasteiger partial charge in [0.05, 0.1) is 21.3 Å². The van der Waals surface area contributed by atoms with E-state index in [4.69, 9.17) is 14.2 Å². The lowest BCUT2D eigenvalue weighted by Gasteiger charge is -2.29. The van der Waals surface area contributed by atoms with Crippen LogP contribution in [0.25, 0.3) is 0 Å². The van der Waals surface area contributed by atoms with Crippen molar-refractivity contribution in [3.8, 4) is 17.2 Å². The Balaban J connectivity index is 2.16. The normalized spacial score (nSPS) is 11.6. The largest absolute Gasteiger partial charge is 0.497 e. The van der Waals surface area contributed by atoms with E-state index in [1.165, 1.54) is 0 Å². The standard InChI is InChI=1S/C26H36N2O5/c1-18(2)16-27-26(30)19(3)28(17-21-7-11-22(31-4)12-8-21)25(29)14-10-20-9-13-23(32-5)24(15-20)33-6/h7-9,11-13,15,18-19H,10,14,16-17H2,1-6H3,(H,27,30)/t19-/m1/s1. The molecule has 0 saturated heterocycles. The van der Waals surface area contributed by atoms with Crippen molar-refractivity contribution in [3.63, 3.8) is 0 Å². The maximum absolute atomic E-state index is 13.3. The van der Waals surface area contributed by atoms with Crippen LogP contribution in [0.3, 0.4) is 0 Å². The first-order valence-electron chi connectivity index (χ1n) is 11.2. The number of amides is 2. The lowest BCUT2D eigenvalue weighted by Crippen LogP contribution is -2.48. The molecule has 7 heteroatoms. The van der Waals surface area contributed by atoms with Gasteiger partial charge in [-0.1, -0.05) is 32.0 Å². The molecule has 0 aliphatic heterocycles. The van der Waals surface area contributed by atoms with E-state index in [0.717, 1.165) is 16.9 Å². The van der Waals surface area contributed by atoms with Crippen LogP contribution in [0.5, 0.6) is 17.2 Å². The van der Waals surface area contributed by atoms with Gasteiger partial charge in [-0.05, 0) is 54.7 Å². The van der Waals surface area contributed by atoms with E-state index in [1.54, 1.807) is 33.2 Å². The number of benzene rings is 2. The number of rotatable bonds is 12. The highest BCUT2D eigenvalue weighted by molar-refractivity contribution is 5.87. The Morgan fingerprint density at radius 1 is 0.879 bits per heavy atom. The quantitative estimate of drug-likeness (QED) is 0.525. The van der Waals surface area contributed by atoms with Gasteiger partial charge in [-0.2, -0.15) is 0 Å². The van der Waals surface area contributed by atoms with E-state index in [2.05, 4.69) is 5.32 Å². The monoisotopic (exact) mass is 456 g/mol. The van der Waals surface area contributed by atoms with Gasteiger partial charge < -0.3 is 24.4 Å². The highest BCUT2D eigenvalue weighted by Gasteiger charge is 2.26. The third-order valence-electron chi connectivity index (χ3n) is 5.44. The SMILES string of the molecule is COc1ccc(CN(C(=O)CCc2ccc(OC)c(OC)c2)[C@H](C)C(=O)NCC(C)C)cc1. The lowest BCUT2D eigenvalue weighted by atomic mass is 10.1. The minimum absolute atomic E-state index is 0.0900. The molecular formula is C26H36N2O5. The van der Waals surface area contributed by atoms with Crippen molar-refractivity contribution < 1.29 is 23.8 Å². The molecule has 1 N–H and O–H groups in total. The molecule has 0 aliphatic carbocycles. The van der Waals surface area contributed by atoms with E-state index in [0.29, 0.717) is 36.9 Å². The fourth-order valence-corrected chi connectivity index (χ4v) is 3.39. The van der Waals surface area contributed by atoms with Crippen molar-refractivity contribution >= 4 is 11.8 Å². The molecule has 2 aromatic rings. The van der Waals surface area contributed by atoms with Gasteiger partial charge in [-0.15, -0.1) is 0 Å². The van der Waals surface area contributed by atoms with Crippen molar-refractivity contribution in [3.05, 3.63) is 53.6 Å². The van der Waals surface area contributed by atoms with Crippen LogP contribution < -0.4 is 19.5 Å². The summed E-state index contributed by atoms with van der Waals surface area (Å²) in [5, 5.41) is 2.94. The molecule has 0 bridgehead atoms. The third kappa shape index (κ3) is 7.70. The molecule has 0 unspecified atom stereocenters. The van der Waals surface area contributed by atoms with E-state index in [9.17, 15) is 9.59 Å². The van der Waals surface area contributed by atoms with Crippen molar-refractivity contribution in [1.29, 1.82) is 0 Å². The predicted molar refractivity (Wildman–Crippen MR) is 129 cm³/mol. The van der Waals surface area contributed by atoms with Crippen LogP contribution in [0.15, 0.2) is 42.5 Å². The van der Waals surface area contributed by atoms with Gasteiger partial charge in [0.2, 0.25) is 11.8 Å². The van der Waals surface area contributed by atoms with E-state index in [1.807, 2.05) is 56.3 Å². The summed E-state index contributed by atoms with van der Waals surface area (Å²) in [6.07, 6.45) is 0.798. The van der Waals surface area contributed by atoms with Crippen molar-refractivity contribution in [2.75, 3.05) is 27.9 Å². The van der Waals surface area contributed by atoms with Crippen LogP contribution in [-0.4, -0.2) is 50.6 Å². The molecule has 33 heavy (non-hydrogen) atoms. The number of aryl methyl sites for hydroxylation is 1. The Morgan fingerprint density at radius 3 is 2.09 bits per heavy atom. The van der Waals surface area contributed by atoms with Crippen LogP contribution in [0.1, 0.15) is 38.3 Å². The van der Waals surface area contributed by atoms with Gasteiger partial charge >= 0.3 is 0 Å². The number of hydrogen-bond acceptors (Lipinski definition) is 5. The third-order valence-corrected chi connectivity index (χ3v) is 5.44. The Kier molecular flexibility index (Phi) is 10.0. The Hall–Kier alpha value is -3.22. The molecule has 180 valence electrons. The van der Waals surface area contributed by atoms with Crippen LogP contribution in [0, 0.1) is 5.92 Å². The molecule has 0 radical (unpaired) electrons. The highest BCUT2D eigenvalue weighted by Crippen LogP contribution is 2.28. The number of ether oxygens (including phenoxy) is 3. The predicted octanol–water partition coefficient (Wildman–Crippen LogP) is 3.83. The molecule has 2 rings (SSSR count). The molecule has 1 atom stereocenters. The number of carbonyl (C=O) groups is 2. The molecular weight excluding hydrogens is 420 g/mol. The van der Waals surface area contributed by atoms with Crippen LogP contribution in [0.2, 0.25) is 0 Å². The summed E-state index contributed by atoms with van der Waals surface area (Å²) >= 11 is 0. The zero-order chi connectivity index (χ0) is 24.4. The maximum Gasteiger partial charge on any atom is 0.242 e. The number of nitrogens with one attached hydrogen (secondary N) is 1. The molecule has 2 aromatic carbocycles. The lowest BCUT2D eigenvalue weighted by molar-refractivity contribution is -0.140. The molecule has 0 aliphatic rings. The topological polar surface area (TPSA) is 77.1 Å². The minimum atomic E-state index is -0.594. The summed E-state index contributed by atoms with van der Waals surface area (Å²) < 4.78 is 15.9. The molecule has 0 saturated carbocycles. The fraction of sp³-hybridized carbons (Fsp3) is 0.462. The summed E-state index contributed by atoms with van der Waals surface area (Å²) in [5.41, 5.74) is 1.89. The minimum Gasteiger partial charge on any atom is -0.497 e. The highest BCUT2D eigenvalue weighted by atomic mass is 16.5. The summed E-state index contributed by atoms with van der Waals surface area (Å²) in [6, 6.07) is 12.5. The van der Waals surface area contributed by atoms with Gasteiger partial charge in [-0.3, -0.25) is 9.59 Å². The number of methoxy groups -OCH3 is 3. The number of carbonyl (C=O) groups excluding carboxylic acids is 2. The average Bonchev–Trinajstić information content (AvgIpc) is 2.83. The molecule has 0 aromatic heterocycles. The summed E-state index contributed by atoms with van der Waals surface area (Å²) in [7, 11) is 4.78. The first kappa shape index (κ1) is 26.0. The second-order valence-corrected chi connectivity index (χ2v) is 8.37. The first-order chi connectivity index (χ1) is 15.8. The van der Waals surface area contributed by atoms with E-state index >= 15 is 0 Å². The average molecular weight is 457 g/mol. The molecule has 0 spiro atoms. The zero-order valence-corrected chi connectivity index (χ0v) is 20.5. The van der Waals surface area contributed by atoms with Crippen LogP contribution >= 0.6 is 0 Å². The number of hydrogen-bond donors (Lipinski definition) is 1. The Morgan fingerprint density at radius 2 is 1.52 bits per heavy atom. The van der Waals surface area contributed by atoms with Gasteiger partial charge in [0.25, 0.3) is 0 Å². The second-order valence-electron chi connectivity index (χ2n) is 8.37. The van der Waals surface area contributed by atoms with E-state index < -0.39 is 6.04 Å². The van der Waals surface area contributed by atoms with Gasteiger partial charge in [0.15, 0.2) is 11.5 Å². The second kappa shape index (κ2) is 12.7. The van der Waals surface area contributed by atoms with Gasteiger partial charge in [0.1, 0.15) is 11.8 Å². The Bertz CT molecular complexity index is 911. The van der Waals surface area contributed by atoms with Crippen molar-refractivity contribution in [2.45, 2.75) is 46.2 Å². The summed E-state index contributed by atoms with van der Waals surface area (Å²) in [6.45, 7) is 6.75. The molecule has 0 fully saturated rings. The van der Waals surface area contributed by atoms with Crippen molar-refractivity contribution in [2.24, 2.45) is 5.92 Å². The zero-order valence-electron chi connectivity index (χ0n) is 20.5. The fourth-order valence-electron chi connectivity index (χ4n) is 3.39. The summed E-state index contributed by atoms with van der Waals surface area (Å²) in [4.78, 5) is 27.7. The molecule has 7 nitrogen and oxygen atoms in total. The molecule has 0 heterocycles. The van der Waals surface area contributed by atoms with Crippen molar-refractivity contribution in [1.82, 2.24) is 10.2 Å². The van der Waals surface area contributed by atoms with Crippen LogP contribution in [-0.2, 0) is 22.6 Å². The van der Waals surface area contributed by atoms with Crippen LogP contribution in [0.4, 0.5) is 0 Å². The maximum atomic E-state index is 13.3. The number of nitrogens with zero attached hydrogens (tertiary/aromatic N) is 1. The van der Waals surface area contributed by atoms with Gasteiger partial charge in [0, 0.05) is 19.5 Å². The first-order valence-corrected chi connectivity index (χ1v) is 11.2.